The summed E-state index contributed by atoms with van der Waals surface area (Å²) in [5.74, 6) is 1.84. The first-order chi connectivity index (χ1) is 12.1. The molecule has 0 bridgehead atoms. The van der Waals surface area contributed by atoms with E-state index in [0.29, 0.717) is 34.4 Å². The first kappa shape index (κ1) is 17.9. The largest absolute Gasteiger partial charge is 0.496 e. The second kappa shape index (κ2) is 7.95. The van der Waals surface area contributed by atoms with Crippen LogP contribution in [-0.4, -0.2) is 42.2 Å². The number of nitrogens with one attached hydrogen (secondary N) is 1. The molecule has 2 heterocycles. The van der Waals surface area contributed by atoms with Gasteiger partial charge in [-0.3, -0.25) is 9.59 Å². The molecule has 1 N–H and O–H groups in total. The fraction of sp³-hybridized carbons (Fsp3) is 0.474. The molecular formula is C19H24N2O3S. The summed E-state index contributed by atoms with van der Waals surface area (Å²) in [5, 5.41) is 2.89. The highest BCUT2D eigenvalue weighted by atomic mass is 32.2. The van der Waals surface area contributed by atoms with Crippen molar-refractivity contribution in [1.29, 1.82) is 0 Å². The molecule has 1 fully saturated rings. The molecule has 0 saturated carbocycles. The van der Waals surface area contributed by atoms with Gasteiger partial charge in [0, 0.05) is 18.8 Å². The molecule has 0 spiro atoms. The van der Waals surface area contributed by atoms with Gasteiger partial charge in [0.1, 0.15) is 10.7 Å². The zero-order valence-electron chi connectivity index (χ0n) is 14.7. The molecule has 0 unspecified atom stereocenters. The van der Waals surface area contributed by atoms with E-state index in [1.807, 2.05) is 17.0 Å². The van der Waals surface area contributed by atoms with Gasteiger partial charge in [-0.1, -0.05) is 19.1 Å². The highest BCUT2D eigenvalue weighted by molar-refractivity contribution is 8.04. The van der Waals surface area contributed by atoms with E-state index in [4.69, 9.17) is 4.74 Å². The molecule has 0 aliphatic carbocycles. The molecule has 6 heteroatoms. The summed E-state index contributed by atoms with van der Waals surface area (Å²) in [6.45, 7) is 6.19. The van der Waals surface area contributed by atoms with Crippen molar-refractivity contribution in [1.82, 2.24) is 4.90 Å². The van der Waals surface area contributed by atoms with Gasteiger partial charge < -0.3 is 15.0 Å². The summed E-state index contributed by atoms with van der Waals surface area (Å²) >= 11 is 1.49. The topological polar surface area (TPSA) is 58.6 Å². The number of carbonyl (C=O) groups excluding carboxylic acids is 2. The van der Waals surface area contributed by atoms with Crippen molar-refractivity contribution in [3.05, 3.63) is 40.5 Å². The Balaban J connectivity index is 1.77. The van der Waals surface area contributed by atoms with Crippen LogP contribution in [0.25, 0.3) is 0 Å². The van der Waals surface area contributed by atoms with Crippen LogP contribution in [0.15, 0.2) is 34.9 Å². The number of hydrogen-bond donors (Lipinski definition) is 1. The number of para-hydroxylation sites is 1. The normalized spacial score (nSPS) is 18.7. The number of ether oxygens (including phenoxy) is 1. The first-order valence-corrected chi connectivity index (χ1v) is 9.71. The third-order valence-electron chi connectivity index (χ3n) is 4.65. The van der Waals surface area contributed by atoms with E-state index >= 15 is 0 Å². The smallest absolute Gasteiger partial charge is 0.265 e. The molecular weight excluding hydrogens is 336 g/mol. The zero-order chi connectivity index (χ0) is 17.8. The first-order valence-electron chi connectivity index (χ1n) is 8.72. The summed E-state index contributed by atoms with van der Waals surface area (Å²) in [5.41, 5.74) is 1.10. The number of nitrogens with zero attached hydrogens (tertiary/aromatic N) is 1. The summed E-state index contributed by atoms with van der Waals surface area (Å²) in [7, 11) is 0. The molecule has 25 heavy (non-hydrogen) atoms. The fourth-order valence-electron chi connectivity index (χ4n) is 3.07. The Labute approximate surface area is 152 Å². The molecule has 2 aliphatic heterocycles. The molecule has 2 aliphatic rings. The van der Waals surface area contributed by atoms with Crippen molar-refractivity contribution in [2.24, 2.45) is 5.92 Å². The van der Waals surface area contributed by atoms with Gasteiger partial charge in [-0.05, 0) is 37.8 Å². The minimum Gasteiger partial charge on any atom is -0.496 e. The summed E-state index contributed by atoms with van der Waals surface area (Å²) < 4.78 is 5.45. The lowest BCUT2D eigenvalue weighted by molar-refractivity contribution is -0.112. The van der Waals surface area contributed by atoms with Crippen LogP contribution >= 0.6 is 11.8 Å². The second-order valence-corrected chi connectivity index (χ2v) is 7.66. The molecule has 0 aromatic heterocycles. The monoisotopic (exact) mass is 360 g/mol. The number of piperidine rings is 1. The molecule has 1 aromatic carbocycles. The van der Waals surface area contributed by atoms with E-state index in [-0.39, 0.29) is 11.8 Å². The van der Waals surface area contributed by atoms with Gasteiger partial charge in [-0.25, -0.2) is 0 Å². The number of hydrogen-bond acceptors (Lipinski definition) is 4. The second-order valence-electron chi connectivity index (χ2n) is 6.56. The lowest BCUT2D eigenvalue weighted by Gasteiger charge is -2.30. The van der Waals surface area contributed by atoms with Gasteiger partial charge in [-0.2, -0.15) is 0 Å². The van der Waals surface area contributed by atoms with Crippen LogP contribution < -0.4 is 5.32 Å². The van der Waals surface area contributed by atoms with Crippen LogP contribution in [0.2, 0.25) is 0 Å². The standard InChI is InChI=1S/C19H24N2O3S/c1-13-7-9-21(10-8-13)19(23)15-5-3-4-6-16(15)20-18(22)17-14(2)24-11-12-25-17/h3-6,13H,7-12H2,1-2H3,(H,20,22). The van der Waals surface area contributed by atoms with Gasteiger partial charge in [0.05, 0.1) is 17.9 Å². The number of benzene rings is 1. The number of rotatable bonds is 3. The molecule has 2 amide bonds. The number of anilines is 1. The lowest BCUT2D eigenvalue weighted by Crippen LogP contribution is -2.38. The van der Waals surface area contributed by atoms with E-state index in [1.54, 1.807) is 19.1 Å². The lowest BCUT2D eigenvalue weighted by atomic mass is 9.98. The highest BCUT2D eigenvalue weighted by Gasteiger charge is 2.25. The van der Waals surface area contributed by atoms with Gasteiger partial charge in [0.2, 0.25) is 0 Å². The van der Waals surface area contributed by atoms with Crippen molar-refractivity contribution in [2.45, 2.75) is 26.7 Å². The molecule has 1 saturated heterocycles. The van der Waals surface area contributed by atoms with Gasteiger partial charge >= 0.3 is 0 Å². The average Bonchev–Trinajstić information content (AvgIpc) is 2.62. The van der Waals surface area contributed by atoms with Crippen molar-refractivity contribution >= 4 is 29.3 Å². The van der Waals surface area contributed by atoms with Crippen molar-refractivity contribution in [3.8, 4) is 0 Å². The average molecular weight is 360 g/mol. The molecule has 0 radical (unpaired) electrons. The van der Waals surface area contributed by atoms with Gasteiger partial charge in [0.25, 0.3) is 11.8 Å². The fourth-order valence-corrected chi connectivity index (χ4v) is 3.89. The van der Waals surface area contributed by atoms with Crippen LogP contribution in [-0.2, 0) is 9.53 Å². The van der Waals surface area contributed by atoms with E-state index in [1.165, 1.54) is 11.8 Å². The van der Waals surface area contributed by atoms with E-state index in [9.17, 15) is 9.59 Å². The van der Waals surface area contributed by atoms with Crippen LogP contribution in [0.1, 0.15) is 37.0 Å². The Morgan fingerprint density at radius 3 is 2.68 bits per heavy atom. The Morgan fingerprint density at radius 2 is 1.96 bits per heavy atom. The Bertz CT molecular complexity index is 694. The SMILES string of the molecule is CC1=C(C(=O)Nc2ccccc2C(=O)N2CCC(C)CC2)SCCO1. The highest BCUT2D eigenvalue weighted by Crippen LogP contribution is 2.28. The summed E-state index contributed by atoms with van der Waals surface area (Å²) in [6, 6.07) is 7.22. The van der Waals surface area contributed by atoms with Crippen LogP contribution in [0.4, 0.5) is 5.69 Å². The zero-order valence-corrected chi connectivity index (χ0v) is 15.5. The third-order valence-corrected chi connectivity index (χ3v) is 5.78. The van der Waals surface area contributed by atoms with Crippen LogP contribution in [0.5, 0.6) is 0 Å². The summed E-state index contributed by atoms with van der Waals surface area (Å²) in [4.78, 5) is 27.9. The van der Waals surface area contributed by atoms with Crippen molar-refractivity contribution < 1.29 is 14.3 Å². The minimum atomic E-state index is -0.213. The molecule has 3 rings (SSSR count). The maximum Gasteiger partial charge on any atom is 0.265 e. The predicted molar refractivity (Wildman–Crippen MR) is 100 cm³/mol. The number of amides is 2. The molecule has 5 nitrogen and oxygen atoms in total. The molecule has 0 atom stereocenters. The van der Waals surface area contributed by atoms with Gasteiger partial charge in [-0.15, -0.1) is 11.8 Å². The van der Waals surface area contributed by atoms with Crippen LogP contribution in [0.3, 0.4) is 0 Å². The van der Waals surface area contributed by atoms with E-state index in [2.05, 4.69) is 12.2 Å². The van der Waals surface area contributed by atoms with E-state index < -0.39 is 0 Å². The quantitative estimate of drug-likeness (QED) is 0.896. The van der Waals surface area contributed by atoms with Crippen LogP contribution in [0, 0.1) is 5.92 Å². The summed E-state index contributed by atoms with van der Waals surface area (Å²) in [6.07, 6.45) is 2.06. The maximum atomic E-state index is 12.9. The minimum absolute atomic E-state index is 0.0129. The molecule has 134 valence electrons. The maximum absolute atomic E-state index is 12.9. The predicted octanol–water partition coefficient (Wildman–Crippen LogP) is 3.49. The number of likely N-dealkylation sites (tertiary alicyclic amines) is 1. The Kier molecular flexibility index (Phi) is 5.68. The Morgan fingerprint density at radius 1 is 1.24 bits per heavy atom. The van der Waals surface area contributed by atoms with E-state index in [0.717, 1.165) is 31.7 Å². The third kappa shape index (κ3) is 4.18. The van der Waals surface area contributed by atoms with Crippen molar-refractivity contribution in [2.75, 3.05) is 30.8 Å². The molecule has 1 aromatic rings. The Hall–Kier alpha value is -1.95. The number of carbonyl (C=O) groups is 2. The van der Waals surface area contributed by atoms with Gasteiger partial charge in [0.15, 0.2) is 0 Å². The number of allylic oxidation sites excluding steroid dienone is 1. The number of thioether (sulfide) groups is 1. The van der Waals surface area contributed by atoms with Crippen molar-refractivity contribution in [3.63, 3.8) is 0 Å².